The highest BCUT2D eigenvalue weighted by Crippen LogP contribution is 2.25. The fraction of sp³-hybridized carbons (Fsp3) is 0.167. The summed E-state index contributed by atoms with van der Waals surface area (Å²) in [6.07, 6.45) is 6.29. The number of oxime groups is 1. The van der Waals surface area contributed by atoms with Crippen LogP contribution in [0.25, 0.3) is 17.0 Å². The first kappa shape index (κ1) is 16.8. The molecule has 27 heavy (non-hydrogen) atoms. The molecule has 0 N–H and O–H groups in total. The first-order valence-corrected chi connectivity index (χ1v) is 8.30. The average molecular weight is 365 g/mol. The molecule has 0 saturated heterocycles. The van der Waals surface area contributed by atoms with Crippen LogP contribution in [0.3, 0.4) is 0 Å². The van der Waals surface area contributed by atoms with Crippen LogP contribution in [0.2, 0.25) is 0 Å². The molecule has 8 nitrogen and oxygen atoms in total. The molecule has 9 heteroatoms. The number of fused-ring (bicyclic) bond motifs is 1. The summed E-state index contributed by atoms with van der Waals surface area (Å²) in [5.74, 6) is 0.189. The molecule has 3 heterocycles. The number of rotatable bonds is 5. The summed E-state index contributed by atoms with van der Waals surface area (Å²) in [4.78, 5) is 17.9. The molecule has 0 bridgehead atoms. The number of hydrogen-bond donors (Lipinski definition) is 0. The SMILES string of the molecule is CCn1c(-n2cncn2)nc2cncc(/C(=N\OC)c3ccccc3F)c21. The summed E-state index contributed by atoms with van der Waals surface area (Å²) in [5.41, 5.74) is 2.67. The largest absolute Gasteiger partial charge is 0.399 e. The van der Waals surface area contributed by atoms with Gasteiger partial charge >= 0.3 is 0 Å². The maximum absolute atomic E-state index is 14.5. The van der Waals surface area contributed by atoms with Gasteiger partial charge < -0.3 is 9.40 Å². The van der Waals surface area contributed by atoms with Crippen molar-refractivity contribution in [3.8, 4) is 5.95 Å². The molecule has 136 valence electrons. The van der Waals surface area contributed by atoms with E-state index < -0.39 is 5.82 Å². The van der Waals surface area contributed by atoms with Gasteiger partial charge in [0.15, 0.2) is 0 Å². The Balaban J connectivity index is 2.01. The van der Waals surface area contributed by atoms with E-state index in [-0.39, 0.29) is 0 Å². The molecular formula is C18H16FN7O. The Kier molecular flexibility index (Phi) is 4.33. The third kappa shape index (κ3) is 2.82. The van der Waals surface area contributed by atoms with Gasteiger partial charge in [-0.2, -0.15) is 9.78 Å². The van der Waals surface area contributed by atoms with E-state index in [2.05, 4.69) is 25.2 Å². The highest BCUT2D eigenvalue weighted by Gasteiger charge is 2.21. The van der Waals surface area contributed by atoms with Gasteiger partial charge in [0.25, 0.3) is 0 Å². The van der Waals surface area contributed by atoms with Crippen molar-refractivity contribution in [3.05, 3.63) is 66.3 Å². The van der Waals surface area contributed by atoms with Crippen LogP contribution in [0.1, 0.15) is 18.1 Å². The van der Waals surface area contributed by atoms with Crippen LogP contribution in [-0.4, -0.2) is 42.1 Å². The fourth-order valence-corrected chi connectivity index (χ4v) is 3.02. The van der Waals surface area contributed by atoms with E-state index in [1.807, 2.05) is 11.5 Å². The minimum atomic E-state index is -0.399. The quantitative estimate of drug-likeness (QED) is 0.401. The molecule has 0 aliphatic carbocycles. The van der Waals surface area contributed by atoms with Crippen molar-refractivity contribution in [2.24, 2.45) is 5.16 Å². The molecule has 4 rings (SSSR count). The lowest BCUT2D eigenvalue weighted by atomic mass is 10.0. The summed E-state index contributed by atoms with van der Waals surface area (Å²) >= 11 is 0. The lowest BCUT2D eigenvalue weighted by Gasteiger charge is -2.11. The van der Waals surface area contributed by atoms with E-state index in [0.29, 0.717) is 34.8 Å². The number of pyridine rings is 1. The first-order valence-electron chi connectivity index (χ1n) is 8.30. The van der Waals surface area contributed by atoms with Gasteiger partial charge in [-0.05, 0) is 19.1 Å². The van der Waals surface area contributed by atoms with Gasteiger partial charge in [0.1, 0.15) is 36.8 Å². The zero-order valence-corrected chi connectivity index (χ0v) is 14.7. The molecule has 3 aromatic heterocycles. The van der Waals surface area contributed by atoms with Gasteiger partial charge in [0, 0.05) is 23.9 Å². The Morgan fingerprint density at radius 1 is 1.19 bits per heavy atom. The molecule has 0 aliphatic rings. The number of halogens is 1. The molecule has 0 radical (unpaired) electrons. The Labute approximate surface area is 154 Å². The number of nitrogens with zero attached hydrogens (tertiary/aromatic N) is 7. The molecule has 4 aromatic rings. The smallest absolute Gasteiger partial charge is 0.233 e. The van der Waals surface area contributed by atoms with Crippen LogP contribution >= 0.6 is 0 Å². The van der Waals surface area contributed by atoms with E-state index in [1.54, 1.807) is 41.6 Å². The molecule has 0 fully saturated rings. The number of aromatic nitrogens is 6. The zero-order chi connectivity index (χ0) is 18.8. The molecular weight excluding hydrogens is 349 g/mol. The Morgan fingerprint density at radius 3 is 2.74 bits per heavy atom. The van der Waals surface area contributed by atoms with Crippen molar-refractivity contribution >= 4 is 16.7 Å². The van der Waals surface area contributed by atoms with Crippen molar-refractivity contribution in [2.75, 3.05) is 7.11 Å². The van der Waals surface area contributed by atoms with Crippen LogP contribution < -0.4 is 0 Å². The predicted octanol–water partition coefficient (Wildman–Crippen LogP) is 2.57. The number of imidazole rings is 1. The lowest BCUT2D eigenvalue weighted by molar-refractivity contribution is 0.214. The minimum Gasteiger partial charge on any atom is -0.399 e. The molecule has 0 amide bonds. The van der Waals surface area contributed by atoms with Crippen molar-refractivity contribution in [1.29, 1.82) is 0 Å². The molecule has 0 aliphatic heterocycles. The lowest BCUT2D eigenvalue weighted by Crippen LogP contribution is -2.11. The van der Waals surface area contributed by atoms with E-state index in [0.717, 1.165) is 5.52 Å². The minimum absolute atomic E-state index is 0.319. The van der Waals surface area contributed by atoms with Crippen LogP contribution in [0.15, 0.2) is 54.5 Å². The third-order valence-corrected chi connectivity index (χ3v) is 4.14. The molecule has 0 atom stereocenters. The summed E-state index contributed by atoms with van der Waals surface area (Å²) in [7, 11) is 1.42. The van der Waals surface area contributed by atoms with Gasteiger partial charge in [-0.25, -0.2) is 14.4 Å². The van der Waals surface area contributed by atoms with Gasteiger partial charge in [0.05, 0.1) is 11.7 Å². The normalized spacial score (nSPS) is 11.9. The van der Waals surface area contributed by atoms with E-state index in [1.165, 1.54) is 19.5 Å². The zero-order valence-electron chi connectivity index (χ0n) is 14.7. The summed E-state index contributed by atoms with van der Waals surface area (Å²) in [5, 5.41) is 8.24. The third-order valence-electron chi connectivity index (χ3n) is 4.14. The van der Waals surface area contributed by atoms with E-state index >= 15 is 0 Å². The van der Waals surface area contributed by atoms with Crippen LogP contribution in [0, 0.1) is 5.82 Å². The predicted molar refractivity (Wildman–Crippen MR) is 97.2 cm³/mol. The second kappa shape index (κ2) is 6.94. The number of hydrogen-bond acceptors (Lipinski definition) is 6. The van der Waals surface area contributed by atoms with Crippen LogP contribution in [0.5, 0.6) is 0 Å². The Morgan fingerprint density at radius 2 is 2.04 bits per heavy atom. The highest BCUT2D eigenvalue weighted by molar-refractivity contribution is 6.18. The van der Waals surface area contributed by atoms with Gasteiger partial charge in [-0.3, -0.25) is 4.98 Å². The molecule has 0 saturated carbocycles. The van der Waals surface area contributed by atoms with Gasteiger partial charge in [-0.15, -0.1) is 0 Å². The standard InChI is InChI=1S/C18H16FN7O/c1-3-25-17-13(16(24-27-2)12-6-4-5-7-14(12)19)8-20-9-15(17)23-18(25)26-11-21-10-22-26/h4-11H,3H2,1-2H3/b24-16-. The van der Waals surface area contributed by atoms with E-state index in [9.17, 15) is 4.39 Å². The average Bonchev–Trinajstić information content (AvgIpc) is 3.34. The first-order chi connectivity index (χ1) is 13.2. The van der Waals surface area contributed by atoms with Crippen molar-refractivity contribution in [1.82, 2.24) is 29.3 Å². The molecule has 0 unspecified atom stereocenters. The Bertz CT molecular complexity index is 1120. The van der Waals surface area contributed by atoms with Crippen LogP contribution in [-0.2, 0) is 11.4 Å². The maximum Gasteiger partial charge on any atom is 0.233 e. The van der Waals surface area contributed by atoms with Crippen LogP contribution in [0.4, 0.5) is 4.39 Å². The van der Waals surface area contributed by atoms with Crippen molar-refractivity contribution < 1.29 is 9.23 Å². The fourth-order valence-electron chi connectivity index (χ4n) is 3.02. The summed E-state index contributed by atoms with van der Waals surface area (Å²) < 4.78 is 18.0. The number of aryl methyl sites for hydroxylation is 1. The topological polar surface area (TPSA) is 83.0 Å². The molecule has 1 aromatic carbocycles. The van der Waals surface area contributed by atoms with Crippen molar-refractivity contribution in [2.45, 2.75) is 13.5 Å². The second-order valence-corrected chi connectivity index (χ2v) is 5.65. The Hall–Kier alpha value is -3.62. The maximum atomic E-state index is 14.5. The molecule has 0 spiro atoms. The van der Waals surface area contributed by atoms with E-state index in [4.69, 9.17) is 4.84 Å². The monoisotopic (exact) mass is 365 g/mol. The van der Waals surface area contributed by atoms with Gasteiger partial charge in [-0.1, -0.05) is 17.3 Å². The summed E-state index contributed by atoms with van der Waals surface area (Å²) in [6.45, 7) is 2.60. The number of benzene rings is 1. The summed E-state index contributed by atoms with van der Waals surface area (Å²) in [6, 6.07) is 6.40. The highest BCUT2D eigenvalue weighted by atomic mass is 19.1. The van der Waals surface area contributed by atoms with Crippen molar-refractivity contribution in [3.63, 3.8) is 0 Å². The second-order valence-electron chi connectivity index (χ2n) is 5.65. The van der Waals surface area contributed by atoms with Gasteiger partial charge in [0.2, 0.25) is 5.95 Å².